The number of nitrogens with zero attached hydrogens (tertiary/aromatic N) is 5. The standard InChI is InChI=1S/C21H32ClN5O6S/c1-13(19(33-4)20-23-7-16(22)8-24-20)34(29,30)12-18-25-26-21(15-5-14(6-15)9-28)27(18)17(10-31-2)11-32-3/h7-8,13-15,17,19,28H,5-6,9-12H2,1-4H3/t13-,14?,15?,19-/m0/s1. The number of halogens is 1. The summed E-state index contributed by atoms with van der Waals surface area (Å²) in [5, 5.41) is 17.4. The smallest absolute Gasteiger partial charge is 0.163 e. The van der Waals surface area contributed by atoms with Crippen molar-refractivity contribution in [2.75, 3.05) is 41.2 Å². The Morgan fingerprint density at radius 2 is 1.76 bits per heavy atom. The van der Waals surface area contributed by atoms with Crippen LogP contribution in [0.4, 0.5) is 0 Å². The highest BCUT2D eigenvalue weighted by atomic mass is 35.5. The maximum atomic E-state index is 13.5. The topological polar surface area (TPSA) is 139 Å². The van der Waals surface area contributed by atoms with E-state index in [9.17, 15) is 13.5 Å². The van der Waals surface area contributed by atoms with Crippen molar-refractivity contribution in [2.24, 2.45) is 5.92 Å². The summed E-state index contributed by atoms with van der Waals surface area (Å²) in [6, 6.07) is -0.300. The van der Waals surface area contributed by atoms with Crippen LogP contribution in [0.2, 0.25) is 5.02 Å². The molecular formula is C21H32ClN5O6S. The van der Waals surface area contributed by atoms with Crippen LogP contribution in [0.25, 0.3) is 0 Å². The van der Waals surface area contributed by atoms with E-state index < -0.39 is 21.2 Å². The molecule has 0 saturated heterocycles. The van der Waals surface area contributed by atoms with Crippen LogP contribution in [0.15, 0.2) is 12.4 Å². The van der Waals surface area contributed by atoms with Gasteiger partial charge in [0.1, 0.15) is 23.5 Å². The van der Waals surface area contributed by atoms with E-state index in [4.69, 9.17) is 25.8 Å². The van der Waals surface area contributed by atoms with E-state index in [1.54, 1.807) is 21.1 Å². The summed E-state index contributed by atoms with van der Waals surface area (Å²) in [5.41, 5.74) is 0. The second kappa shape index (κ2) is 11.8. The first kappa shape index (κ1) is 26.9. The summed E-state index contributed by atoms with van der Waals surface area (Å²) >= 11 is 5.86. The number of methoxy groups -OCH3 is 3. The van der Waals surface area contributed by atoms with Gasteiger partial charge in [0.2, 0.25) is 0 Å². The molecule has 1 N–H and O–H groups in total. The summed E-state index contributed by atoms with van der Waals surface area (Å²) < 4.78 is 44.9. The van der Waals surface area contributed by atoms with Crippen LogP contribution in [0.5, 0.6) is 0 Å². The van der Waals surface area contributed by atoms with Gasteiger partial charge in [-0.15, -0.1) is 10.2 Å². The maximum absolute atomic E-state index is 13.5. The van der Waals surface area contributed by atoms with Gasteiger partial charge in [-0.2, -0.15) is 0 Å². The van der Waals surface area contributed by atoms with Gasteiger partial charge in [-0.05, 0) is 25.7 Å². The van der Waals surface area contributed by atoms with Gasteiger partial charge in [-0.3, -0.25) is 0 Å². The largest absolute Gasteiger partial charge is 0.396 e. The molecule has 0 spiro atoms. The second-order valence-electron chi connectivity index (χ2n) is 8.55. The molecule has 0 amide bonds. The molecule has 34 heavy (non-hydrogen) atoms. The third kappa shape index (κ3) is 5.92. The normalized spacial score (nSPS) is 20.3. The predicted molar refractivity (Wildman–Crippen MR) is 124 cm³/mol. The van der Waals surface area contributed by atoms with E-state index in [0.717, 1.165) is 12.8 Å². The van der Waals surface area contributed by atoms with Crippen LogP contribution in [-0.2, 0) is 29.8 Å². The van der Waals surface area contributed by atoms with Crippen LogP contribution in [0, 0.1) is 5.92 Å². The third-order valence-electron chi connectivity index (χ3n) is 6.21. The van der Waals surface area contributed by atoms with Crippen LogP contribution in [0.1, 0.15) is 55.3 Å². The first-order valence-corrected chi connectivity index (χ1v) is 13.1. The molecule has 1 aliphatic carbocycles. The van der Waals surface area contributed by atoms with Crippen molar-refractivity contribution in [3.8, 4) is 0 Å². The molecule has 2 aromatic rings. The zero-order valence-electron chi connectivity index (χ0n) is 19.8. The highest BCUT2D eigenvalue weighted by Crippen LogP contribution is 2.41. The van der Waals surface area contributed by atoms with Gasteiger partial charge in [-0.1, -0.05) is 11.6 Å². The van der Waals surface area contributed by atoms with Gasteiger partial charge < -0.3 is 23.9 Å². The Hall–Kier alpha value is -1.70. The minimum Gasteiger partial charge on any atom is -0.396 e. The second-order valence-corrected chi connectivity index (χ2v) is 11.3. The molecule has 3 rings (SSSR count). The molecule has 2 heterocycles. The van der Waals surface area contributed by atoms with Gasteiger partial charge >= 0.3 is 0 Å². The van der Waals surface area contributed by atoms with Gasteiger partial charge in [0, 0.05) is 46.2 Å². The zero-order valence-corrected chi connectivity index (χ0v) is 21.4. The molecule has 0 bridgehead atoms. The van der Waals surface area contributed by atoms with Crippen molar-refractivity contribution in [1.82, 2.24) is 24.7 Å². The Bertz CT molecular complexity index is 1020. The Balaban J connectivity index is 1.91. The van der Waals surface area contributed by atoms with Crippen molar-refractivity contribution in [3.05, 3.63) is 34.9 Å². The number of aliphatic hydroxyl groups is 1. The summed E-state index contributed by atoms with van der Waals surface area (Å²) in [6.45, 7) is 2.28. The van der Waals surface area contributed by atoms with E-state index >= 15 is 0 Å². The van der Waals surface area contributed by atoms with Gasteiger partial charge in [0.05, 0.1) is 29.5 Å². The Kier molecular flexibility index (Phi) is 9.35. The molecule has 0 radical (unpaired) electrons. The van der Waals surface area contributed by atoms with Gasteiger partial charge in [0.25, 0.3) is 0 Å². The predicted octanol–water partition coefficient (Wildman–Crippen LogP) is 1.73. The third-order valence-corrected chi connectivity index (χ3v) is 8.44. The summed E-state index contributed by atoms with van der Waals surface area (Å²) in [4.78, 5) is 8.26. The molecule has 2 aromatic heterocycles. The SMILES string of the molecule is COCC(COC)n1c(CS(=O)(=O)[C@@H](C)[C@H](OC)c2ncc(Cl)cn2)nnc1C1CC(CO)C1. The fraction of sp³-hybridized carbons (Fsp3) is 0.714. The average Bonchev–Trinajstić information content (AvgIpc) is 3.16. The van der Waals surface area contributed by atoms with Crippen molar-refractivity contribution in [1.29, 1.82) is 0 Å². The van der Waals surface area contributed by atoms with E-state index in [1.165, 1.54) is 19.5 Å². The van der Waals surface area contributed by atoms with Gasteiger partial charge in [0.15, 0.2) is 15.7 Å². The Labute approximate surface area is 204 Å². The number of aromatic nitrogens is 5. The average molecular weight is 518 g/mol. The molecule has 2 atom stereocenters. The first-order valence-electron chi connectivity index (χ1n) is 11.0. The lowest BCUT2D eigenvalue weighted by Crippen LogP contribution is -2.33. The summed E-state index contributed by atoms with van der Waals surface area (Å²) in [7, 11) is 0.795. The van der Waals surface area contributed by atoms with Crippen LogP contribution in [-0.4, -0.2) is 84.7 Å². The molecule has 190 valence electrons. The summed E-state index contributed by atoms with van der Waals surface area (Å²) in [5.74, 6) is 1.17. The number of aliphatic hydroxyl groups excluding tert-OH is 1. The van der Waals surface area contributed by atoms with Crippen LogP contribution >= 0.6 is 11.6 Å². The molecule has 1 saturated carbocycles. The molecule has 0 unspecified atom stereocenters. The molecule has 0 aromatic carbocycles. The summed E-state index contributed by atoms with van der Waals surface area (Å²) in [6.07, 6.45) is 3.45. The van der Waals surface area contributed by atoms with Crippen molar-refractivity contribution >= 4 is 21.4 Å². The number of sulfone groups is 1. The number of hydrogen-bond acceptors (Lipinski definition) is 10. The minimum absolute atomic E-state index is 0.0870. The molecule has 1 fully saturated rings. The Morgan fingerprint density at radius 3 is 2.29 bits per heavy atom. The van der Waals surface area contributed by atoms with Crippen molar-refractivity contribution in [3.63, 3.8) is 0 Å². The monoisotopic (exact) mass is 517 g/mol. The van der Waals surface area contributed by atoms with E-state index in [-0.39, 0.29) is 36.1 Å². The zero-order chi connectivity index (χ0) is 24.9. The highest BCUT2D eigenvalue weighted by Gasteiger charge is 2.38. The van der Waals surface area contributed by atoms with Crippen LogP contribution in [0.3, 0.4) is 0 Å². The lowest BCUT2D eigenvalue weighted by Gasteiger charge is -2.34. The Morgan fingerprint density at radius 1 is 1.15 bits per heavy atom. The molecule has 1 aliphatic rings. The van der Waals surface area contributed by atoms with E-state index in [2.05, 4.69) is 20.2 Å². The van der Waals surface area contributed by atoms with Crippen molar-refractivity contribution in [2.45, 2.75) is 48.8 Å². The number of rotatable bonds is 13. The number of ether oxygens (including phenoxy) is 3. The quantitative estimate of drug-likeness (QED) is 0.417. The molecule has 13 heteroatoms. The van der Waals surface area contributed by atoms with Gasteiger partial charge in [-0.25, -0.2) is 18.4 Å². The minimum atomic E-state index is -3.77. The highest BCUT2D eigenvalue weighted by molar-refractivity contribution is 7.91. The molecule has 0 aliphatic heterocycles. The lowest BCUT2D eigenvalue weighted by atomic mass is 9.75. The maximum Gasteiger partial charge on any atom is 0.163 e. The van der Waals surface area contributed by atoms with E-state index in [0.29, 0.717) is 29.9 Å². The van der Waals surface area contributed by atoms with Crippen LogP contribution < -0.4 is 0 Å². The first-order chi connectivity index (χ1) is 16.2. The number of hydrogen-bond donors (Lipinski definition) is 1. The lowest BCUT2D eigenvalue weighted by molar-refractivity contribution is 0.0821. The molecular weight excluding hydrogens is 486 g/mol. The van der Waals surface area contributed by atoms with Crippen molar-refractivity contribution < 1.29 is 27.7 Å². The fourth-order valence-electron chi connectivity index (χ4n) is 4.27. The molecule has 11 nitrogen and oxygen atoms in total. The fourth-order valence-corrected chi connectivity index (χ4v) is 5.79. The van der Waals surface area contributed by atoms with E-state index in [1.807, 2.05) is 4.57 Å².